The average molecular weight is 500 g/mol. The molecule has 2 aromatic carbocycles. The van der Waals surface area contributed by atoms with Crippen molar-refractivity contribution in [3.8, 4) is 11.3 Å². The van der Waals surface area contributed by atoms with E-state index in [9.17, 15) is 5.11 Å². The molecular formula is C29H30FN5O2. The highest BCUT2D eigenvalue weighted by atomic mass is 19.1. The van der Waals surface area contributed by atoms with E-state index in [4.69, 9.17) is 9.72 Å². The summed E-state index contributed by atoms with van der Waals surface area (Å²) in [7, 11) is 1.77. The van der Waals surface area contributed by atoms with E-state index in [-0.39, 0.29) is 11.9 Å². The highest BCUT2D eigenvalue weighted by molar-refractivity contribution is 6.07. The minimum atomic E-state index is -1.07. The smallest absolute Gasteiger partial charge is 0.133 e. The zero-order valence-electron chi connectivity index (χ0n) is 21.4. The Hall–Kier alpha value is -3.62. The maximum atomic E-state index is 15.7. The molecule has 1 N–H and O–H groups in total. The second-order valence-electron chi connectivity index (χ2n) is 10.6. The molecule has 190 valence electrons. The van der Waals surface area contributed by atoms with Crippen molar-refractivity contribution in [2.45, 2.75) is 38.8 Å². The number of nitrogens with zero attached hydrogens (tertiary/aromatic N) is 5. The fraction of sp³-hybridized carbons (Fsp3) is 0.345. The number of halogens is 1. The standard InChI is InChI=1S/C29H30FN5O2/c1-17-28(34(4)33-32-17)21-13-25-22(12-23(21)30)27-26(11-20(14-31-27)29(2,3)36)35(25)24(10-18-15-37-16-18)19-8-6-5-7-9-19/h5-9,11-14,18,24,36H,10,15-16H2,1-4H3. The molecule has 0 radical (unpaired) electrons. The number of ether oxygens (including phenoxy) is 1. The monoisotopic (exact) mass is 499 g/mol. The molecule has 1 fully saturated rings. The van der Waals surface area contributed by atoms with Gasteiger partial charge >= 0.3 is 0 Å². The summed E-state index contributed by atoms with van der Waals surface area (Å²) in [6.07, 6.45) is 2.55. The van der Waals surface area contributed by atoms with Gasteiger partial charge in [0.05, 0.1) is 52.8 Å². The lowest BCUT2D eigenvalue weighted by atomic mass is 9.93. The highest BCUT2D eigenvalue weighted by Gasteiger charge is 2.30. The van der Waals surface area contributed by atoms with Crippen molar-refractivity contribution in [2.24, 2.45) is 13.0 Å². The number of pyridine rings is 1. The van der Waals surface area contributed by atoms with Crippen LogP contribution in [-0.4, -0.2) is 42.9 Å². The summed E-state index contributed by atoms with van der Waals surface area (Å²) in [5, 5.41) is 19.8. The number of hydrogen-bond donors (Lipinski definition) is 1. The van der Waals surface area contributed by atoms with E-state index in [2.05, 4.69) is 27.0 Å². The van der Waals surface area contributed by atoms with E-state index < -0.39 is 5.60 Å². The van der Waals surface area contributed by atoms with Crippen LogP contribution in [0.2, 0.25) is 0 Å². The fourth-order valence-corrected chi connectivity index (χ4v) is 5.41. The van der Waals surface area contributed by atoms with Crippen LogP contribution in [0.1, 0.15) is 43.1 Å². The third kappa shape index (κ3) is 4.01. The SMILES string of the molecule is Cc1nnn(C)c1-c1cc2c(cc1F)c1ncc(C(C)(C)O)cc1n2C(CC1COC1)c1ccccc1. The summed E-state index contributed by atoms with van der Waals surface area (Å²) in [6.45, 7) is 6.79. The molecule has 7 nitrogen and oxygen atoms in total. The Kier molecular flexibility index (Phi) is 5.62. The Morgan fingerprint density at radius 3 is 2.51 bits per heavy atom. The highest BCUT2D eigenvalue weighted by Crippen LogP contribution is 2.41. The Bertz CT molecular complexity index is 1590. The first-order valence-electron chi connectivity index (χ1n) is 12.6. The van der Waals surface area contributed by atoms with Crippen molar-refractivity contribution >= 4 is 21.9 Å². The summed E-state index contributed by atoms with van der Waals surface area (Å²) >= 11 is 0. The average Bonchev–Trinajstić information content (AvgIpc) is 3.33. The molecule has 3 aromatic heterocycles. The lowest BCUT2D eigenvalue weighted by molar-refractivity contribution is -0.0393. The van der Waals surface area contributed by atoms with E-state index in [0.717, 1.165) is 41.6 Å². The number of aromatic nitrogens is 5. The Balaban J connectivity index is 1.69. The van der Waals surface area contributed by atoms with Crippen LogP contribution < -0.4 is 0 Å². The van der Waals surface area contributed by atoms with Gasteiger partial charge in [-0.2, -0.15) is 0 Å². The van der Waals surface area contributed by atoms with E-state index in [1.165, 1.54) is 0 Å². The molecule has 0 aliphatic carbocycles. The van der Waals surface area contributed by atoms with Crippen molar-refractivity contribution in [1.82, 2.24) is 24.5 Å². The van der Waals surface area contributed by atoms with Crippen molar-refractivity contribution in [1.29, 1.82) is 0 Å². The van der Waals surface area contributed by atoms with Crippen molar-refractivity contribution in [2.75, 3.05) is 13.2 Å². The fourth-order valence-electron chi connectivity index (χ4n) is 5.41. The molecule has 0 bridgehead atoms. The minimum absolute atomic E-state index is 0.0296. The molecule has 0 spiro atoms. The van der Waals surface area contributed by atoms with Crippen molar-refractivity contribution in [3.05, 3.63) is 77.4 Å². The molecule has 8 heteroatoms. The quantitative estimate of drug-likeness (QED) is 0.344. The lowest BCUT2D eigenvalue weighted by Crippen LogP contribution is -2.30. The molecular weight excluding hydrogens is 469 g/mol. The summed E-state index contributed by atoms with van der Waals surface area (Å²) in [6, 6.07) is 15.8. The zero-order valence-corrected chi connectivity index (χ0v) is 21.4. The number of hydrogen-bond acceptors (Lipinski definition) is 5. The van der Waals surface area contributed by atoms with Gasteiger partial charge in [-0.1, -0.05) is 35.5 Å². The van der Waals surface area contributed by atoms with Crippen LogP contribution in [0, 0.1) is 18.7 Å². The van der Waals surface area contributed by atoms with E-state index in [0.29, 0.717) is 33.9 Å². The maximum absolute atomic E-state index is 15.7. The van der Waals surface area contributed by atoms with Crippen LogP contribution in [0.4, 0.5) is 4.39 Å². The van der Waals surface area contributed by atoms with Crippen LogP contribution in [0.15, 0.2) is 54.7 Å². The molecule has 1 saturated heterocycles. The van der Waals surface area contributed by atoms with Gasteiger partial charge in [0, 0.05) is 35.7 Å². The molecule has 0 saturated carbocycles. The predicted molar refractivity (Wildman–Crippen MR) is 141 cm³/mol. The molecule has 1 unspecified atom stereocenters. The van der Waals surface area contributed by atoms with Gasteiger partial charge in [-0.15, -0.1) is 5.10 Å². The second-order valence-corrected chi connectivity index (χ2v) is 10.6. The van der Waals surface area contributed by atoms with Crippen LogP contribution in [0.3, 0.4) is 0 Å². The summed E-state index contributed by atoms with van der Waals surface area (Å²) in [4.78, 5) is 4.75. The zero-order chi connectivity index (χ0) is 25.9. The number of rotatable bonds is 6. The van der Waals surface area contributed by atoms with E-state index in [1.807, 2.05) is 37.3 Å². The van der Waals surface area contributed by atoms with Gasteiger partial charge in [-0.25, -0.2) is 9.07 Å². The second kappa shape index (κ2) is 8.75. The van der Waals surface area contributed by atoms with Crippen LogP contribution in [0.25, 0.3) is 33.2 Å². The Morgan fingerprint density at radius 1 is 1.14 bits per heavy atom. The van der Waals surface area contributed by atoms with E-state index >= 15 is 4.39 Å². The first-order chi connectivity index (χ1) is 17.7. The Labute approximate surface area is 214 Å². The van der Waals surface area contributed by atoms with Gasteiger partial charge in [0.2, 0.25) is 0 Å². The molecule has 4 heterocycles. The van der Waals surface area contributed by atoms with Crippen molar-refractivity contribution in [3.63, 3.8) is 0 Å². The predicted octanol–water partition coefficient (Wildman–Crippen LogP) is 5.29. The summed E-state index contributed by atoms with van der Waals surface area (Å²) in [5.41, 5.74) is 4.99. The van der Waals surface area contributed by atoms with Crippen LogP contribution in [0.5, 0.6) is 0 Å². The first-order valence-corrected chi connectivity index (χ1v) is 12.6. The maximum Gasteiger partial charge on any atom is 0.133 e. The van der Waals surface area contributed by atoms with Gasteiger partial charge in [-0.05, 0) is 51.0 Å². The summed E-state index contributed by atoms with van der Waals surface area (Å²) < 4.78 is 25.1. The number of fused-ring (bicyclic) bond motifs is 3. The number of aliphatic hydroxyl groups is 1. The van der Waals surface area contributed by atoms with E-state index in [1.54, 1.807) is 37.8 Å². The Morgan fingerprint density at radius 2 is 1.89 bits per heavy atom. The molecule has 1 atom stereocenters. The lowest BCUT2D eigenvalue weighted by Gasteiger charge is -2.32. The first kappa shape index (κ1) is 23.8. The third-order valence-corrected chi connectivity index (χ3v) is 7.44. The van der Waals surface area contributed by atoms with Gasteiger partial charge in [0.25, 0.3) is 0 Å². The molecule has 37 heavy (non-hydrogen) atoms. The minimum Gasteiger partial charge on any atom is -0.386 e. The molecule has 1 aliphatic heterocycles. The molecule has 1 aliphatic rings. The van der Waals surface area contributed by atoms with Gasteiger partial charge in [0.15, 0.2) is 0 Å². The van der Waals surface area contributed by atoms with Crippen LogP contribution >= 0.6 is 0 Å². The van der Waals surface area contributed by atoms with Crippen molar-refractivity contribution < 1.29 is 14.2 Å². The molecule has 0 amide bonds. The number of benzene rings is 2. The molecule has 5 aromatic rings. The normalized spacial score (nSPS) is 15.4. The van der Waals surface area contributed by atoms with Gasteiger partial charge < -0.3 is 14.4 Å². The van der Waals surface area contributed by atoms with Gasteiger partial charge in [0.1, 0.15) is 5.82 Å². The molecule has 6 rings (SSSR count). The summed E-state index contributed by atoms with van der Waals surface area (Å²) in [5.74, 6) is 0.0728. The van der Waals surface area contributed by atoms with Gasteiger partial charge in [-0.3, -0.25) is 4.98 Å². The topological polar surface area (TPSA) is 78.0 Å². The third-order valence-electron chi connectivity index (χ3n) is 7.44. The number of aryl methyl sites for hydroxylation is 2. The largest absolute Gasteiger partial charge is 0.386 e. The van der Waals surface area contributed by atoms with Crippen LogP contribution in [-0.2, 0) is 17.4 Å².